The van der Waals surface area contributed by atoms with E-state index in [0.29, 0.717) is 54.6 Å². The number of pyridine rings is 4. The lowest BCUT2D eigenvalue weighted by Gasteiger charge is -2.37. The minimum atomic E-state index is -0.534. The molecule has 67 heavy (non-hydrogen) atoms. The molecule has 340 valence electrons. The minimum Gasteiger partial charge on any atom is -0.464 e. The number of amides is 3. The van der Waals surface area contributed by atoms with E-state index < -0.39 is 5.60 Å². The summed E-state index contributed by atoms with van der Waals surface area (Å²) in [6.45, 7) is 11.4. The number of anilines is 4. The molecule has 2 aliphatic rings. The number of nitrogens with zero attached hydrogens (tertiary/aromatic N) is 7. The molecule has 16 nitrogen and oxygen atoms in total. The van der Waals surface area contributed by atoms with E-state index in [1.165, 1.54) is 0 Å². The van der Waals surface area contributed by atoms with E-state index in [2.05, 4.69) is 45.7 Å². The molecule has 0 atom stereocenters. The fourth-order valence-corrected chi connectivity index (χ4v) is 7.95. The highest BCUT2D eigenvalue weighted by atomic mass is 16.6. The van der Waals surface area contributed by atoms with Gasteiger partial charge >= 0.3 is 6.09 Å². The second-order valence-electron chi connectivity index (χ2n) is 17.0. The summed E-state index contributed by atoms with van der Waals surface area (Å²) in [5.74, 6) is -0.585. The third kappa shape index (κ3) is 10.6. The van der Waals surface area contributed by atoms with Crippen molar-refractivity contribution in [3.05, 3.63) is 146 Å². The first kappa shape index (κ1) is 44.1. The first-order valence-electron chi connectivity index (χ1n) is 22.1. The summed E-state index contributed by atoms with van der Waals surface area (Å²) in [6, 6.07) is 30.1. The lowest BCUT2D eigenvalue weighted by Crippen LogP contribution is -2.50. The van der Waals surface area contributed by atoms with Gasteiger partial charge in [-0.1, -0.05) is 12.1 Å². The molecular weight excluding hydrogens is 849 g/mol. The van der Waals surface area contributed by atoms with Crippen LogP contribution in [-0.2, 0) is 4.74 Å². The van der Waals surface area contributed by atoms with Crippen molar-refractivity contribution in [1.29, 1.82) is 0 Å². The lowest BCUT2D eigenvalue weighted by molar-refractivity contribution is 0.0240. The van der Waals surface area contributed by atoms with Crippen LogP contribution in [0.25, 0.3) is 44.5 Å². The van der Waals surface area contributed by atoms with Crippen molar-refractivity contribution in [1.82, 2.24) is 30.2 Å². The fraction of sp³-hybridized carbons (Fsp3) is 0.235. The lowest BCUT2D eigenvalue weighted by atomic mass is 10.1. The predicted octanol–water partition coefficient (Wildman–Crippen LogP) is 8.75. The molecule has 6 aromatic heterocycles. The molecule has 3 N–H and O–H groups in total. The van der Waals surface area contributed by atoms with Crippen LogP contribution in [0.1, 0.15) is 41.7 Å². The molecule has 0 unspecified atom stereocenters. The molecule has 0 radical (unpaired) electrons. The predicted molar refractivity (Wildman–Crippen MR) is 258 cm³/mol. The summed E-state index contributed by atoms with van der Waals surface area (Å²) in [5, 5.41) is 11.3. The second-order valence-corrected chi connectivity index (χ2v) is 17.0. The SMILES string of the molecule is CC(C)(C)OC(=O)N1CCN(c2ccncc2NC(=O)c2cccc(-c3ccc4occc4c3)n2)CC1.O=C(Nc1cnccc1N1CCNCC1)c1cccc(-c2ccc3occc3c2)n1. The summed E-state index contributed by atoms with van der Waals surface area (Å²) in [5.41, 5.74) is 8.10. The Hall–Kier alpha value is -8.11. The Morgan fingerprint density at radius 1 is 0.612 bits per heavy atom. The highest BCUT2D eigenvalue weighted by Gasteiger charge is 2.27. The average molecular weight is 899 g/mol. The minimum absolute atomic E-state index is 0.259. The Kier molecular flexibility index (Phi) is 12.9. The molecule has 0 aliphatic carbocycles. The highest BCUT2D eigenvalue weighted by molar-refractivity contribution is 6.06. The van der Waals surface area contributed by atoms with Gasteiger partial charge in [-0.2, -0.15) is 0 Å². The van der Waals surface area contributed by atoms with Gasteiger partial charge in [-0.15, -0.1) is 0 Å². The van der Waals surface area contributed by atoms with Crippen molar-refractivity contribution in [3.63, 3.8) is 0 Å². The summed E-state index contributed by atoms with van der Waals surface area (Å²) >= 11 is 0. The van der Waals surface area contributed by atoms with Crippen LogP contribution in [0, 0.1) is 0 Å². The van der Waals surface area contributed by atoms with Crippen LogP contribution in [0.2, 0.25) is 0 Å². The van der Waals surface area contributed by atoms with Crippen molar-refractivity contribution in [3.8, 4) is 22.5 Å². The van der Waals surface area contributed by atoms with Crippen LogP contribution >= 0.6 is 0 Å². The van der Waals surface area contributed by atoms with Gasteiger partial charge in [-0.05, 0) is 106 Å². The van der Waals surface area contributed by atoms with E-state index in [-0.39, 0.29) is 17.9 Å². The summed E-state index contributed by atoms with van der Waals surface area (Å²) < 4.78 is 16.3. The fourth-order valence-electron chi connectivity index (χ4n) is 7.95. The Morgan fingerprint density at radius 3 is 1.60 bits per heavy atom. The first-order valence-corrected chi connectivity index (χ1v) is 22.1. The smallest absolute Gasteiger partial charge is 0.410 e. The zero-order chi connectivity index (χ0) is 46.3. The number of rotatable bonds is 8. The normalized spacial score (nSPS) is 14.0. The van der Waals surface area contributed by atoms with Gasteiger partial charge < -0.3 is 44.2 Å². The Labute approximate surface area is 387 Å². The Morgan fingerprint density at radius 2 is 1.10 bits per heavy atom. The van der Waals surface area contributed by atoms with E-state index in [1.807, 2.05) is 106 Å². The molecule has 16 heteroatoms. The van der Waals surface area contributed by atoms with Crippen molar-refractivity contribution < 1.29 is 28.0 Å². The number of benzene rings is 2. The number of piperazine rings is 2. The third-order valence-electron chi connectivity index (χ3n) is 11.3. The van der Waals surface area contributed by atoms with Crippen LogP contribution in [0.3, 0.4) is 0 Å². The molecule has 3 amide bonds. The van der Waals surface area contributed by atoms with Gasteiger partial charge in [0.15, 0.2) is 0 Å². The highest BCUT2D eigenvalue weighted by Crippen LogP contribution is 2.30. The summed E-state index contributed by atoms with van der Waals surface area (Å²) in [6.07, 6.45) is 9.75. The van der Waals surface area contributed by atoms with E-state index in [0.717, 1.165) is 76.3 Å². The van der Waals surface area contributed by atoms with Crippen molar-refractivity contribution in [2.45, 2.75) is 26.4 Å². The van der Waals surface area contributed by atoms with Gasteiger partial charge in [0.1, 0.15) is 28.2 Å². The zero-order valence-corrected chi connectivity index (χ0v) is 37.4. The molecule has 8 heterocycles. The second kappa shape index (κ2) is 19.6. The maximum atomic E-state index is 13.2. The van der Waals surface area contributed by atoms with Crippen LogP contribution in [0.5, 0.6) is 0 Å². The van der Waals surface area contributed by atoms with E-state index in [9.17, 15) is 14.4 Å². The van der Waals surface area contributed by atoms with Gasteiger partial charge in [-0.25, -0.2) is 14.8 Å². The number of hydrogen-bond acceptors (Lipinski definition) is 13. The third-order valence-corrected chi connectivity index (χ3v) is 11.3. The van der Waals surface area contributed by atoms with Crippen molar-refractivity contribution >= 4 is 62.6 Å². The Balaban J connectivity index is 0.000000171. The van der Waals surface area contributed by atoms with Gasteiger partial charge in [0.25, 0.3) is 11.8 Å². The first-order chi connectivity index (χ1) is 32.5. The number of aromatic nitrogens is 4. The average Bonchev–Trinajstić information content (AvgIpc) is 4.04. The van der Waals surface area contributed by atoms with Crippen molar-refractivity contribution in [2.75, 3.05) is 72.8 Å². The van der Waals surface area contributed by atoms with Crippen LogP contribution < -0.4 is 25.8 Å². The van der Waals surface area contributed by atoms with E-state index in [4.69, 9.17) is 13.6 Å². The molecule has 0 bridgehead atoms. The van der Waals surface area contributed by atoms with E-state index >= 15 is 0 Å². The molecule has 2 aliphatic heterocycles. The molecule has 0 spiro atoms. The molecule has 8 aromatic rings. The maximum Gasteiger partial charge on any atom is 0.410 e. The number of nitrogens with one attached hydrogen (secondary N) is 3. The standard InChI is InChI=1S/C28H29N5O4.C23H21N5O2/c1-28(2,3)37-27(35)33-14-12-32(13-15-33)24-9-11-29-18-23(24)31-26(34)22-6-4-5-21(30-22)19-7-8-25-20(17-19)10-16-36-25;29-23(27-20-15-25-8-6-21(20)28-11-9-24-10-12-28)19-3-1-2-18(26-19)16-4-5-22-17(14-16)7-13-30-22/h4-11,16-18H,12-15H2,1-3H3,(H,31,34);1-8,13-15,24H,9-12H2,(H,27,29). The molecule has 0 saturated carbocycles. The molecular formula is C51H50N10O6. The van der Waals surface area contributed by atoms with Crippen molar-refractivity contribution in [2.24, 2.45) is 0 Å². The molecule has 2 saturated heterocycles. The quantitative estimate of drug-likeness (QED) is 0.132. The topological polar surface area (TPSA) is 184 Å². The van der Waals surface area contributed by atoms with Crippen LogP contribution in [-0.4, -0.2) is 101 Å². The van der Waals surface area contributed by atoms with E-state index in [1.54, 1.807) is 54.3 Å². The maximum absolute atomic E-state index is 13.2. The van der Waals surface area contributed by atoms with Gasteiger partial charge in [0.05, 0.1) is 59.1 Å². The Bertz CT molecular complexity index is 3040. The van der Waals surface area contributed by atoms with Crippen LogP contribution in [0.15, 0.2) is 143 Å². The largest absolute Gasteiger partial charge is 0.464 e. The van der Waals surface area contributed by atoms with Crippen LogP contribution in [0.4, 0.5) is 27.5 Å². The van der Waals surface area contributed by atoms with Gasteiger partial charge in [-0.3, -0.25) is 19.6 Å². The van der Waals surface area contributed by atoms with Gasteiger partial charge in [0.2, 0.25) is 0 Å². The zero-order valence-electron chi connectivity index (χ0n) is 37.4. The number of carbonyl (C=O) groups is 3. The number of fused-ring (bicyclic) bond motifs is 2. The number of ether oxygens (including phenoxy) is 1. The molecule has 2 fully saturated rings. The van der Waals surface area contributed by atoms with Gasteiger partial charge in [0, 0.05) is 86.7 Å². The molecule has 10 rings (SSSR count). The number of carbonyl (C=O) groups excluding carboxylic acids is 3. The molecule has 2 aromatic carbocycles. The summed E-state index contributed by atoms with van der Waals surface area (Å²) in [4.78, 5) is 62.2. The monoisotopic (exact) mass is 898 g/mol. The number of furan rings is 2. The number of hydrogen-bond donors (Lipinski definition) is 3. The summed E-state index contributed by atoms with van der Waals surface area (Å²) in [7, 11) is 0.